The molecule has 0 unspecified atom stereocenters. The summed E-state index contributed by atoms with van der Waals surface area (Å²) in [4.78, 5) is 9.42. The van der Waals surface area contributed by atoms with Crippen LogP contribution in [0.25, 0.3) is 0 Å². The van der Waals surface area contributed by atoms with E-state index >= 15 is 0 Å². The standard InChI is InChI=1S/C13H13ClN2OS/c1-2-12(17)11-5-4-10(8-15-11)18-13-6-3-9(14)7-16-13/h3-8,12,17H,2H2,1H3/t12-/m1/s1. The topological polar surface area (TPSA) is 46.0 Å². The molecule has 2 heterocycles. The first-order valence-electron chi connectivity index (χ1n) is 5.62. The minimum Gasteiger partial charge on any atom is -0.387 e. The molecule has 0 bridgehead atoms. The number of hydrogen-bond acceptors (Lipinski definition) is 4. The summed E-state index contributed by atoms with van der Waals surface area (Å²) in [6.07, 6.45) is 3.54. The molecule has 0 aliphatic heterocycles. The summed E-state index contributed by atoms with van der Waals surface area (Å²) in [7, 11) is 0. The monoisotopic (exact) mass is 280 g/mol. The number of halogens is 1. The van der Waals surface area contributed by atoms with Crippen LogP contribution < -0.4 is 0 Å². The van der Waals surface area contributed by atoms with Crippen LogP contribution in [0.1, 0.15) is 25.1 Å². The van der Waals surface area contributed by atoms with E-state index in [9.17, 15) is 5.11 Å². The van der Waals surface area contributed by atoms with Crippen molar-refractivity contribution in [1.29, 1.82) is 0 Å². The van der Waals surface area contributed by atoms with E-state index in [1.165, 1.54) is 11.8 Å². The Morgan fingerprint density at radius 3 is 2.61 bits per heavy atom. The quantitative estimate of drug-likeness (QED) is 0.927. The third kappa shape index (κ3) is 3.45. The SMILES string of the molecule is CC[C@@H](O)c1ccc(Sc2ccc(Cl)cn2)cn1. The Bertz CT molecular complexity index is 501. The number of nitrogens with zero attached hydrogens (tertiary/aromatic N) is 2. The molecule has 3 nitrogen and oxygen atoms in total. The van der Waals surface area contributed by atoms with Gasteiger partial charge in [-0.05, 0) is 30.7 Å². The van der Waals surface area contributed by atoms with Gasteiger partial charge in [-0.3, -0.25) is 4.98 Å². The lowest BCUT2D eigenvalue weighted by Crippen LogP contribution is -1.97. The molecule has 0 aliphatic carbocycles. The van der Waals surface area contributed by atoms with Crippen molar-refractivity contribution in [3.8, 4) is 0 Å². The van der Waals surface area contributed by atoms with Crippen molar-refractivity contribution in [3.63, 3.8) is 0 Å². The van der Waals surface area contributed by atoms with Gasteiger partial charge in [0.1, 0.15) is 5.03 Å². The van der Waals surface area contributed by atoms with Crippen LogP contribution in [-0.2, 0) is 0 Å². The molecule has 1 atom stereocenters. The average molecular weight is 281 g/mol. The van der Waals surface area contributed by atoms with E-state index in [4.69, 9.17) is 11.6 Å². The molecule has 0 saturated heterocycles. The molecule has 94 valence electrons. The zero-order chi connectivity index (χ0) is 13.0. The molecule has 1 N–H and O–H groups in total. The Balaban J connectivity index is 2.08. The molecule has 2 aromatic heterocycles. The third-order valence-electron chi connectivity index (χ3n) is 2.41. The summed E-state index contributed by atoms with van der Waals surface area (Å²) in [5, 5.41) is 11.1. The first kappa shape index (κ1) is 13.3. The Labute approximate surface area is 115 Å². The molecule has 5 heteroatoms. The van der Waals surface area contributed by atoms with Crippen LogP contribution in [0.3, 0.4) is 0 Å². The van der Waals surface area contributed by atoms with Crippen molar-refractivity contribution >= 4 is 23.4 Å². The van der Waals surface area contributed by atoms with Gasteiger partial charge in [-0.2, -0.15) is 0 Å². The smallest absolute Gasteiger partial charge is 0.101 e. The molecule has 0 spiro atoms. The predicted octanol–water partition coefficient (Wildman–Crippen LogP) is 3.72. The van der Waals surface area contributed by atoms with Crippen LogP contribution in [0.4, 0.5) is 0 Å². The van der Waals surface area contributed by atoms with Gasteiger partial charge in [0, 0.05) is 17.3 Å². The van der Waals surface area contributed by atoms with Gasteiger partial charge >= 0.3 is 0 Å². The Morgan fingerprint density at radius 1 is 1.22 bits per heavy atom. The fourth-order valence-corrected chi connectivity index (χ4v) is 2.24. The van der Waals surface area contributed by atoms with E-state index < -0.39 is 6.10 Å². The van der Waals surface area contributed by atoms with Gasteiger partial charge in [0.05, 0.1) is 16.8 Å². The normalized spacial score (nSPS) is 12.4. The molecule has 0 aliphatic rings. The summed E-state index contributed by atoms with van der Waals surface area (Å²) < 4.78 is 0. The number of rotatable bonds is 4. The van der Waals surface area contributed by atoms with E-state index in [-0.39, 0.29) is 0 Å². The van der Waals surface area contributed by atoms with Gasteiger partial charge in [0.25, 0.3) is 0 Å². The Morgan fingerprint density at radius 2 is 2.06 bits per heavy atom. The minimum absolute atomic E-state index is 0.488. The maximum absolute atomic E-state index is 9.64. The molecule has 0 aromatic carbocycles. The van der Waals surface area contributed by atoms with Crippen molar-refractivity contribution in [2.24, 2.45) is 0 Å². The summed E-state index contributed by atoms with van der Waals surface area (Å²) in [5.74, 6) is 0. The number of aliphatic hydroxyl groups is 1. The number of pyridine rings is 2. The maximum Gasteiger partial charge on any atom is 0.101 e. The van der Waals surface area contributed by atoms with Crippen molar-refractivity contribution in [1.82, 2.24) is 9.97 Å². The fourth-order valence-electron chi connectivity index (χ4n) is 1.40. The molecule has 2 rings (SSSR count). The number of hydrogen-bond donors (Lipinski definition) is 1. The van der Waals surface area contributed by atoms with E-state index in [1.54, 1.807) is 18.5 Å². The van der Waals surface area contributed by atoms with E-state index in [2.05, 4.69) is 9.97 Å². The Kier molecular flexibility index (Phi) is 4.58. The lowest BCUT2D eigenvalue weighted by Gasteiger charge is -2.07. The van der Waals surface area contributed by atoms with Crippen molar-refractivity contribution < 1.29 is 5.11 Å². The number of aromatic nitrogens is 2. The third-order valence-corrected chi connectivity index (χ3v) is 3.56. The van der Waals surface area contributed by atoms with Crippen LogP contribution in [-0.4, -0.2) is 15.1 Å². The first-order valence-corrected chi connectivity index (χ1v) is 6.82. The van der Waals surface area contributed by atoms with E-state index in [0.29, 0.717) is 17.1 Å². The van der Waals surface area contributed by atoms with Crippen LogP contribution in [0, 0.1) is 0 Å². The maximum atomic E-state index is 9.64. The van der Waals surface area contributed by atoms with Gasteiger partial charge in [0.2, 0.25) is 0 Å². The summed E-state index contributed by atoms with van der Waals surface area (Å²) in [6, 6.07) is 7.44. The summed E-state index contributed by atoms with van der Waals surface area (Å²) in [6.45, 7) is 1.92. The number of aliphatic hydroxyl groups excluding tert-OH is 1. The largest absolute Gasteiger partial charge is 0.387 e. The highest BCUT2D eigenvalue weighted by Crippen LogP contribution is 2.26. The second-order valence-electron chi connectivity index (χ2n) is 3.76. The molecule has 18 heavy (non-hydrogen) atoms. The van der Waals surface area contributed by atoms with Gasteiger partial charge < -0.3 is 5.11 Å². The average Bonchev–Trinajstić information content (AvgIpc) is 2.41. The Hall–Kier alpha value is -1.10. The minimum atomic E-state index is -0.488. The zero-order valence-electron chi connectivity index (χ0n) is 9.88. The van der Waals surface area contributed by atoms with Crippen LogP contribution in [0.15, 0.2) is 46.6 Å². The van der Waals surface area contributed by atoms with Crippen molar-refractivity contribution in [3.05, 3.63) is 47.4 Å². The van der Waals surface area contributed by atoms with Crippen molar-refractivity contribution in [2.45, 2.75) is 29.4 Å². The summed E-state index contributed by atoms with van der Waals surface area (Å²) >= 11 is 7.28. The van der Waals surface area contributed by atoms with Crippen LogP contribution in [0.5, 0.6) is 0 Å². The van der Waals surface area contributed by atoms with Crippen LogP contribution >= 0.6 is 23.4 Å². The van der Waals surface area contributed by atoms with E-state index in [0.717, 1.165) is 9.92 Å². The van der Waals surface area contributed by atoms with Gasteiger partial charge in [-0.15, -0.1) is 0 Å². The van der Waals surface area contributed by atoms with Crippen molar-refractivity contribution in [2.75, 3.05) is 0 Å². The van der Waals surface area contributed by atoms with E-state index in [1.807, 2.05) is 25.1 Å². The van der Waals surface area contributed by atoms with Gasteiger partial charge in [-0.1, -0.05) is 30.3 Å². The molecule has 0 fully saturated rings. The molecular formula is C13H13ClN2OS. The van der Waals surface area contributed by atoms with Crippen LogP contribution in [0.2, 0.25) is 5.02 Å². The highest BCUT2D eigenvalue weighted by atomic mass is 35.5. The molecule has 0 amide bonds. The second kappa shape index (κ2) is 6.18. The molecule has 0 saturated carbocycles. The predicted molar refractivity (Wildman–Crippen MR) is 72.9 cm³/mol. The lowest BCUT2D eigenvalue weighted by atomic mass is 10.2. The molecular weight excluding hydrogens is 268 g/mol. The summed E-state index contributed by atoms with van der Waals surface area (Å²) in [5.41, 5.74) is 0.700. The van der Waals surface area contributed by atoms with Gasteiger partial charge in [0.15, 0.2) is 0 Å². The first-order chi connectivity index (χ1) is 8.69. The fraction of sp³-hybridized carbons (Fsp3) is 0.231. The highest BCUT2D eigenvalue weighted by molar-refractivity contribution is 7.99. The zero-order valence-corrected chi connectivity index (χ0v) is 11.4. The molecule has 0 radical (unpaired) electrons. The second-order valence-corrected chi connectivity index (χ2v) is 5.29. The molecule has 2 aromatic rings. The highest BCUT2D eigenvalue weighted by Gasteiger charge is 2.06. The lowest BCUT2D eigenvalue weighted by molar-refractivity contribution is 0.169. The van der Waals surface area contributed by atoms with Gasteiger partial charge in [-0.25, -0.2) is 4.98 Å².